The summed E-state index contributed by atoms with van der Waals surface area (Å²) in [6, 6.07) is 20.5. The molecule has 2 aliphatic rings. The third-order valence-corrected chi connectivity index (χ3v) is 6.96. The highest BCUT2D eigenvalue weighted by molar-refractivity contribution is 9.10. The van der Waals surface area contributed by atoms with E-state index in [1.54, 1.807) is 13.2 Å². The average Bonchev–Trinajstić information content (AvgIpc) is 3.33. The van der Waals surface area contributed by atoms with Crippen molar-refractivity contribution in [1.82, 2.24) is 0 Å². The Morgan fingerprint density at radius 1 is 1.03 bits per heavy atom. The minimum atomic E-state index is -0.340. The first-order valence-electron chi connectivity index (χ1n) is 10.6. The van der Waals surface area contributed by atoms with Crippen LogP contribution in [0.15, 0.2) is 86.3 Å². The van der Waals surface area contributed by atoms with E-state index in [9.17, 15) is 9.59 Å². The van der Waals surface area contributed by atoms with Gasteiger partial charge in [0.2, 0.25) is 5.17 Å². The Balaban J connectivity index is 1.57. The van der Waals surface area contributed by atoms with Crippen LogP contribution < -0.4 is 15.0 Å². The molecule has 3 aromatic carbocycles. The summed E-state index contributed by atoms with van der Waals surface area (Å²) in [4.78, 5) is 28.1. The summed E-state index contributed by atoms with van der Waals surface area (Å²) < 4.78 is 6.04. The number of ether oxygens (including phenoxy) is 1. The van der Waals surface area contributed by atoms with Gasteiger partial charge in [0.05, 0.1) is 23.4 Å². The lowest BCUT2D eigenvalue weighted by Gasteiger charge is -2.17. The summed E-state index contributed by atoms with van der Waals surface area (Å²) >= 11 is 4.64. The van der Waals surface area contributed by atoms with Crippen molar-refractivity contribution in [1.29, 1.82) is 0 Å². The van der Waals surface area contributed by atoms with Gasteiger partial charge in [-0.2, -0.15) is 0 Å². The number of anilines is 2. The minimum absolute atomic E-state index is 0.194. The van der Waals surface area contributed by atoms with Gasteiger partial charge < -0.3 is 10.1 Å². The maximum Gasteiger partial charge on any atom is 0.276 e. The van der Waals surface area contributed by atoms with E-state index in [-0.39, 0.29) is 17.5 Å². The monoisotopic (exact) mass is 546 g/mol. The topological polar surface area (TPSA) is 83.4 Å². The zero-order chi connectivity index (χ0) is 24.5. The van der Waals surface area contributed by atoms with Crippen LogP contribution in [-0.2, 0) is 9.59 Å². The number of carbonyl (C=O) groups excluding carboxylic acids is 2. The van der Waals surface area contributed by atoms with Gasteiger partial charge in [-0.25, -0.2) is 0 Å². The van der Waals surface area contributed by atoms with Gasteiger partial charge in [0.15, 0.2) is 5.71 Å². The second kappa shape index (κ2) is 9.52. The lowest BCUT2D eigenvalue weighted by molar-refractivity contribution is -0.113. The molecular weight excluding hydrogens is 528 g/mol. The number of fused-ring (bicyclic) bond motifs is 1. The maximum absolute atomic E-state index is 13.5. The van der Waals surface area contributed by atoms with Crippen LogP contribution in [0.2, 0.25) is 0 Å². The number of hydrogen-bond acceptors (Lipinski definition) is 6. The molecular formula is C26H19BrN4O3S. The Morgan fingerprint density at radius 3 is 2.54 bits per heavy atom. The fourth-order valence-electron chi connectivity index (χ4n) is 3.74. The number of rotatable bonds is 4. The second-order valence-corrected chi connectivity index (χ2v) is 9.71. The molecule has 2 amide bonds. The number of amides is 2. The van der Waals surface area contributed by atoms with E-state index in [1.165, 1.54) is 16.7 Å². The van der Waals surface area contributed by atoms with Gasteiger partial charge in [-0.15, -0.1) is 10.2 Å². The van der Waals surface area contributed by atoms with E-state index in [1.807, 2.05) is 73.7 Å². The highest BCUT2D eigenvalue weighted by Gasteiger charge is 2.36. The molecule has 1 N–H and O–H groups in total. The van der Waals surface area contributed by atoms with Gasteiger partial charge in [-0.1, -0.05) is 46.3 Å². The van der Waals surface area contributed by atoms with Gasteiger partial charge in [0, 0.05) is 10.0 Å². The molecule has 2 aliphatic heterocycles. The number of hydrogen-bond donors (Lipinski definition) is 1. The van der Waals surface area contributed by atoms with Crippen LogP contribution >= 0.6 is 27.7 Å². The highest BCUT2D eigenvalue weighted by atomic mass is 79.9. The molecule has 0 aliphatic carbocycles. The average molecular weight is 547 g/mol. The van der Waals surface area contributed by atoms with Crippen molar-refractivity contribution < 1.29 is 14.3 Å². The number of aryl methyl sites for hydroxylation is 1. The molecule has 0 aromatic heterocycles. The summed E-state index contributed by atoms with van der Waals surface area (Å²) in [6.45, 7) is 1.93. The normalized spacial score (nSPS) is 18.5. The van der Waals surface area contributed by atoms with Crippen molar-refractivity contribution in [3.05, 3.63) is 92.8 Å². The number of nitrogens with one attached hydrogen (secondary N) is 1. The molecule has 3 aromatic rings. The molecule has 0 radical (unpaired) electrons. The Labute approximate surface area is 214 Å². The lowest BCUT2D eigenvalue weighted by Crippen LogP contribution is -2.29. The number of carbonyl (C=O) groups is 2. The molecule has 1 saturated heterocycles. The number of amidine groups is 1. The van der Waals surface area contributed by atoms with Crippen LogP contribution in [0.1, 0.15) is 16.7 Å². The SMILES string of the molecule is COc1ccc(C=C2SC(=NN=C3C(=O)Nc4ccc(Br)cc43)N(c3ccccc3C)C2=O)cc1. The van der Waals surface area contributed by atoms with Gasteiger partial charge in [-0.3, -0.25) is 14.5 Å². The third-order valence-electron chi connectivity index (χ3n) is 5.51. The summed E-state index contributed by atoms with van der Waals surface area (Å²) in [7, 11) is 1.61. The van der Waals surface area contributed by atoms with E-state index >= 15 is 0 Å². The Bertz CT molecular complexity index is 1450. The molecule has 0 unspecified atom stereocenters. The molecule has 0 atom stereocenters. The Kier molecular flexibility index (Phi) is 6.27. The van der Waals surface area contributed by atoms with Crippen molar-refractivity contribution in [3.8, 4) is 5.75 Å². The zero-order valence-electron chi connectivity index (χ0n) is 18.8. The van der Waals surface area contributed by atoms with Crippen LogP contribution in [0.25, 0.3) is 6.08 Å². The van der Waals surface area contributed by atoms with Gasteiger partial charge in [0.1, 0.15) is 5.75 Å². The van der Waals surface area contributed by atoms with Crippen LogP contribution in [0.4, 0.5) is 11.4 Å². The predicted octanol–water partition coefficient (Wildman–Crippen LogP) is 5.60. The van der Waals surface area contributed by atoms with E-state index < -0.39 is 0 Å². The number of benzene rings is 3. The summed E-state index contributed by atoms with van der Waals surface area (Å²) in [5, 5.41) is 11.8. The lowest BCUT2D eigenvalue weighted by atomic mass is 10.1. The molecule has 9 heteroatoms. The van der Waals surface area contributed by atoms with Crippen molar-refractivity contribution in [3.63, 3.8) is 0 Å². The fourth-order valence-corrected chi connectivity index (χ4v) is 5.02. The Hall–Kier alpha value is -3.69. The summed E-state index contributed by atoms with van der Waals surface area (Å²) in [6.07, 6.45) is 1.81. The molecule has 174 valence electrons. The Morgan fingerprint density at radius 2 is 1.80 bits per heavy atom. The molecule has 2 heterocycles. The smallest absolute Gasteiger partial charge is 0.276 e. The molecule has 7 nitrogen and oxygen atoms in total. The van der Waals surface area contributed by atoms with E-state index in [0.717, 1.165) is 21.3 Å². The van der Waals surface area contributed by atoms with E-state index in [0.29, 0.717) is 27.0 Å². The molecule has 0 saturated carbocycles. The first-order chi connectivity index (χ1) is 16.9. The second-order valence-electron chi connectivity index (χ2n) is 7.79. The molecule has 5 rings (SSSR count). The number of para-hydroxylation sites is 1. The van der Waals surface area contributed by atoms with Crippen LogP contribution in [0.3, 0.4) is 0 Å². The van der Waals surface area contributed by atoms with E-state index in [2.05, 4.69) is 31.4 Å². The van der Waals surface area contributed by atoms with Crippen LogP contribution in [0.5, 0.6) is 5.75 Å². The largest absolute Gasteiger partial charge is 0.497 e. The molecule has 0 spiro atoms. The minimum Gasteiger partial charge on any atom is -0.497 e. The van der Waals surface area contributed by atoms with Gasteiger partial charge >= 0.3 is 0 Å². The number of methoxy groups -OCH3 is 1. The van der Waals surface area contributed by atoms with E-state index in [4.69, 9.17) is 4.74 Å². The van der Waals surface area contributed by atoms with Crippen molar-refractivity contribution in [2.75, 3.05) is 17.3 Å². The number of thioether (sulfide) groups is 1. The molecule has 35 heavy (non-hydrogen) atoms. The number of halogens is 1. The predicted molar refractivity (Wildman–Crippen MR) is 144 cm³/mol. The highest BCUT2D eigenvalue weighted by Crippen LogP contribution is 2.37. The fraction of sp³-hybridized carbons (Fsp3) is 0.0769. The molecule has 0 bridgehead atoms. The summed E-state index contributed by atoms with van der Waals surface area (Å²) in [5.41, 5.74) is 4.00. The standard InChI is InChI=1S/C26H19BrN4O3S/c1-15-5-3-4-6-21(15)31-25(33)22(13-16-7-10-18(34-2)11-8-16)35-26(31)30-29-23-19-14-17(27)9-12-20(19)28-24(23)32/h3-14H,1-2H3,(H,28,29,32). The van der Waals surface area contributed by atoms with Crippen molar-refractivity contribution >= 4 is 67.8 Å². The zero-order valence-corrected chi connectivity index (χ0v) is 21.2. The first-order valence-corrected chi connectivity index (χ1v) is 12.3. The summed E-state index contributed by atoms with van der Waals surface area (Å²) in [5.74, 6) is 0.185. The first kappa shape index (κ1) is 23.1. The maximum atomic E-state index is 13.5. The van der Waals surface area contributed by atoms with Crippen molar-refractivity contribution in [2.45, 2.75) is 6.92 Å². The third kappa shape index (κ3) is 4.52. The van der Waals surface area contributed by atoms with Gasteiger partial charge in [0.25, 0.3) is 11.8 Å². The molecule has 1 fully saturated rings. The van der Waals surface area contributed by atoms with Crippen molar-refractivity contribution in [2.24, 2.45) is 10.2 Å². The van der Waals surface area contributed by atoms with Crippen LogP contribution in [0, 0.1) is 6.92 Å². The number of nitrogens with zero attached hydrogens (tertiary/aromatic N) is 3. The van der Waals surface area contributed by atoms with Crippen LogP contribution in [-0.4, -0.2) is 29.8 Å². The quantitative estimate of drug-likeness (QED) is 0.341. The van der Waals surface area contributed by atoms with Gasteiger partial charge in [-0.05, 0) is 72.3 Å².